The Hall–Kier alpha value is -2.29. The zero-order chi connectivity index (χ0) is 28.1. The van der Waals surface area contributed by atoms with Gasteiger partial charge in [-0.2, -0.15) is 0 Å². The Morgan fingerprint density at radius 3 is 2.05 bits per heavy atom. The minimum absolute atomic E-state index is 0.0559. The van der Waals surface area contributed by atoms with E-state index in [-0.39, 0.29) is 23.9 Å². The van der Waals surface area contributed by atoms with E-state index in [4.69, 9.17) is 23.2 Å². The number of hydrogen-bond donors (Lipinski definition) is 1. The zero-order valence-electron chi connectivity index (χ0n) is 22.5. The molecule has 0 radical (unpaired) electrons. The smallest absolute Gasteiger partial charge is 0.244 e. The Morgan fingerprint density at radius 1 is 1.00 bits per heavy atom. The van der Waals surface area contributed by atoms with Crippen LogP contribution in [0.4, 0.5) is 5.69 Å². The van der Waals surface area contributed by atoms with Crippen molar-refractivity contribution in [3.63, 3.8) is 0 Å². The summed E-state index contributed by atoms with van der Waals surface area (Å²) in [6.45, 7) is 11.3. The molecule has 2 aromatic rings. The van der Waals surface area contributed by atoms with Crippen molar-refractivity contribution in [2.45, 2.75) is 72.0 Å². The van der Waals surface area contributed by atoms with E-state index in [0.29, 0.717) is 27.7 Å². The molecule has 0 heterocycles. The molecule has 7 nitrogen and oxygen atoms in total. The Morgan fingerprint density at radius 2 is 1.59 bits per heavy atom. The van der Waals surface area contributed by atoms with Crippen LogP contribution in [0.1, 0.15) is 59.1 Å². The Kier molecular flexibility index (Phi) is 10.5. The predicted octanol–water partition coefficient (Wildman–Crippen LogP) is 5.39. The third kappa shape index (κ3) is 8.62. The van der Waals surface area contributed by atoms with E-state index in [1.165, 1.54) is 4.90 Å². The summed E-state index contributed by atoms with van der Waals surface area (Å²) in [5, 5.41) is 3.55. The second kappa shape index (κ2) is 12.5. The highest BCUT2D eigenvalue weighted by Crippen LogP contribution is 2.27. The van der Waals surface area contributed by atoms with Crippen LogP contribution in [0.25, 0.3) is 0 Å². The number of nitrogens with zero attached hydrogens (tertiary/aromatic N) is 2. The normalized spacial score (nSPS) is 12.8. The van der Waals surface area contributed by atoms with Crippen LogP contribution in [0.3, 0.4) is 0 Å². The van der Waals surface area contributed by atoms with Crippen molar-refractivity contribution in [3.8, 4) is 0 Å². The molecule has 0 spiro atoms. The number of hydrogen-bond acceptors (Lipinski definition) is 4. The number of carbonyl (C=O) groups is 2. The van der Waals surface area contributed by atoms with Crippen LogP contribution < -0.4 is 9.62 Å². The van der Waals surface area contributed by atoms with Gasteiger partial charge in [-0.25, -0.2) is 8.42 Å². The molecule has 2 rings (SSSR count). The second-order valence-corrected chi connectivity index (χ2v) is 13.1. The Bertz CT molecular complexity index is 1210. The lowest BCUT2D eigenvalue weighted by molar-refractivity contribution is -0.140. The third-order valence-corrected chi connectivity index (χ3v) is 7.73. The monoisotopic (exact) mass is 569 g/mol. The highest BCUT2D eigenvalue weighted by atomic mass is 35.5. The first-order valence-corrected chi connectivity index (χ1v) is 14.8. The van der Waals surface area contributed by atoms with Gasteiger partial charge in [0, 0.05) is 12.6 Å². The summed E-state index contributed by atoms with van der Waals surface area (Å²) >= 11 is 12.2. The van der Waals surface area contributed by atoms with E-state index >= 15 is 0 Å². The number of amides is 2. The Balaban J connectivity index is 2.47. The maximum Gasteiger partial charge on any atom is 0.244 e. The van der Waals surface area contributed by atoms with Gasteiger partial charge >= 0.3 is 0 Å². The lowest BCUT2D eigenvalue weighted by Gasteiger charge is -2.33. The van der Waals surface area contributed by atoms with Crippen molar-refractivity contribution in [2.24, 2.45) is 0 Å². The SMILES string of the molecule is CC[C@H](C(=O)NC(C)C)N(Cc1ccc(Cl)c(Cl)c1)C(=O)CN(c1ccc(C(C)(C)C)cc1)S(C)(=O)=O. The average Bonchev–Trinajstić information content (AvgIpc) is 2.77. The summed E-state index contributed by atoms with van der Waals surface area (Å²) in [5.41, 5.74) is 1.96. The van der Waals surface area contributed by atoms with Crippen molar-refractivity contribution in [2.75, 3.05) is 17.1 Å². The number of carbonyl (C=O) groups excluding carboxylic acids is 2. The molecule has 0 aliphatic heterocycles. The highest BCUT2D eigenvalue weighted by molar-refractivity contribution is 7.92. The molecule has 2 aromatic carbocycles. The van der Waals surface area contributed by atoms with Crippen molar-refractivity contribution in [1.82, 2.24) is 10.2 Å². The summed E-state index contributed by atoms with van der Waals surface area (Å²) < 4.78 is 26.6. The second-order valence-electron chi connectivity index (χ2n) is 10.4. The molecule has 1 atom stereocenters. The standard InChI is InChI=1S/C27H37Cl2N3O4S/c1-8-24(26(34)30-18(2)3)31(16-19-9-14-22(28)23(29)15-19)25(33)17-32(37(7,35)36)21-12-10-20(11-13-21)27(4,5)6/h9-15,18,24H,8,16-17H2,1-7H3,(H,30,34)/t24-/m1/s1. The first-order valence-electron chi connectivity index (χ1n) is 12.2. The number of rotatable bonds is 10. The third-order valence-electron chi connectivity index (χ3n) is 5.85. The molecule has 10 heteroatoms. The largest absolute Gasteiger partial charge is 0.352 e. The molecular weight excluding hydrogens is 533 g/mol. The molecule has 204 valence electrons. The molecule has 0 unspecified atom stereocenters. The van der Waals surface area contributed by atoms with E-state index < -0.39 is 28.5 Å². The summed E-state index contributed by atoms with van der Waals surface area (Å²) in [5.74, 6) is -0.825. The summed E-state index contributed by atoms with van der Waals surface area (Å²) in [6, 6.07) is 11.1. The van der Waals surface area contributed by atoms with Gasteiger partial charge in [0.1, 0.15) is 12.6 Å². The van der Waals surface area contributed by atoms with Crippen molar-refractivity contribution >= 4 is 50.7 Å². The molecule has 37 heavy (non-hydrogen) atoms. The number of sulfonamides is 1. The van der Waals surface area contributed by atoms with Crippen LogP contribution in [0.15, 0.2) is 42.5 Å². The van der Waals surface area contributed by atoms with E-state index in [2.05, 4.69) is 26.1 Å². The van der Waals surface area contributed by atoms with Gasteiger partial charge in [-0.3, -0.25) is 13.9 Å². The van der Waals surface area contributed by atoms with Crippen LogP contribution in [0, 0.1) is 0 Å². The highest BCUT2D eigenvalue weighted by Gasteiger charge is 2.32. The van der Waals surface area contributed by atoms with E-state index in [1.54, 1.807) is 37.3 Å². The molecule has 0 bridgehead atoms. The van der Waals surface area contributed by atoms with Gasteiger partial charge in [-0.1, -0.05) is 69.1 Å². The zero-order valence-corrected chi connectivity index (χ0v) is 24.8. The van der Waals surface area contributed by atoms with Crippen molar-refractivity contribution in [3.05, 3.63) is 63.6 Å². The minimum atomic E-state index is -3.81. The van der Waals surface area contributed by atoms with Crippen LogP contribution >= 0.6 is 23.2 Å². The predicted molar refractivity (Wildman–Crippen MR) is 152 cm³/mol. The van der Waals surface area contributed by atoms with Gasteiger partial charge in [0.2, 0.25) is 21.8 Å². The Labute approximate surface area is 231 Å². The van der Waals surface area contributed by atoms with Crippen LogP contribution in [-0.2, 0) is 31.6 Å². The fourth-order valence-electron chi connectivity index (χ4n) is 3.88. The number of nitrogens with one attached hydrogen (secondary N) is 1. The summed E-state index contributed by atoms with van der Waals surface area (Å²) in [4.78, 5) is 28.2. The quantitative estimate of drug-likeness (QED) is 0.415. The molecule has 0 aliphatic rings. The number of halogens is 2. The maximum absolute atomic E-state index is 13.7. The number of anilines is 1. The molecular formula is C27H37Cl2N3O4S. The van der Waals surface area contributed by atoms with E-state index in [0.717, 1.165) is 16.1 Å². The molecule has 1 N–H and O–H groups in total. The first-order chi connectivity index (χ1) is 17.0. The lowest BCUT2D eigenvalue weighted by atomic mass is 9.87. The molecule has 0 saturated heterocycles. The van der Waals surface area contributed by atoms with Crippen LogP contribution in [0.2, 0.25) is 10.0 Å². The topological polar surface area (TPSA) is 86.8 Å². The first kappa shape index (κ1) is 30.9. The van der Waals surface area contributed by atoms with Gasteiger partial charge in [0.05, 0.1) is 22.0 Å². The minimum Gasteiger partial charge on any atom is -0.352 e. The van der Waals surface area contributed by atoms with Gasteiger partial charge < -0.3 is 10.2 Å². The van der Waals surface area contributed by atoms with E-state index in [9.17, 15) is 18.0 Å². The fourth-order valence-corrected chi connectivity index (χ4v) is 5.05. The van der Waals surface area contributed by atoms with Crippen molar-refractivity contribution in [1.29, 1.82) is 0 Å². The van der Waals surface area contributed by atoms with Crippen LogP contribution in [-0.4, -0.2) is 50.0 Å². The van der Waals surface area contributed by atoms with E-state index in [1.807, 2.05) is 26.0 Å². The summed E-state index contributed by atoms with van der Waals surface area (Å²) in [6.07, 6.45) is 1.40. The lowest BCUT2D eigenvalue weighted by Crippen LogP contribution is -2.53. The molecule has 0 fully saturated rings. The maximum atomic E-state index is 13.7. The molecule has 2 amide bonds. The van der Waals surface area contributed by atoms with Crippen LogP contribution in [0.5, 0.6) is 0 Å². The van der Waals surface area contributed by atoms with Gasteiger partial charge in [-0.05, 0) is 61.1 Å². The molecule has 0 aromatic heterocycles. The van der Waals surface area contributed by atoms with Gasteiger partial charge in [0.15, 0.2) is 0 Å². The fraction of sp³-hybridized carbons (Fsp3) is 0.481. The number of benzene rings is 2. The van der Waals surface area contributed by atoms with Crippen molar-refractivity contribution < 1.29 is 18.0 Å². The molecule has 0 saturated carbocycles. The van der Waals surface area contributed by atoms with Gasteiger partial charge in [-0.15, -0.1) is 0 Å². The molecule has 0 aliphatic carbocycles. The average molecular weight is 571 g/mol. The summed E-state index contributed by atoms with van der Waals surface area (Å²) in [7, 11) is -3.81. The van der Waals surface area contributed by atoms with Gasteiger partial charge in [0.25, 0.3) is 0 Å².